The molecule has 0 saturated carbocycles. The number of halogens is 1. The second kappa shape index (κ2) is 8.28. The van der Waals surface area contributed by atoms with Gasteiger partial charge in [0, 0.05) is 10.0 Å². The molecule has 0 amide bonds. The van der Waals surface area contributed by atoms with Crippen molar-refractivity contribution in [2.45, 2.75) is 6.61 Å². The van der Waals surface area contributed by atoms with Crippen molar-refractivity contribution in [2.75, 3.05) is 0 Å². The van der Waals surface area contributed by atoms with Crippen molar-refractivity contribution >= 4 is 33.0 Å². The van der Waals surface area contributed by atoms with Crippen LogP contribution in [0.2, 0.25) is 0 Å². The zero-order valence-electron chi connectivity index (χ0n) is 15.2. The summed E-state index contributed by atoms with van der Waals surface area (Å²) in [5, 5.41) is 4.51. The Labute approximate surface area is 174 Å². The highest BCUT2D eigenvalue weighted by atomic mass is 79.9. The first kappa shape index (κ1) is 18.9. The van der Waals surface area contributed by atoms with Gasteiger partial charge in [0.2, 0.25) is 0 Å². The van der Waals surface area contributed by atoms with Crippen molar-refractivity contribution in [2.24, 2.45) is 5.10 Å². The molecule has 0 radical (unpaired) electrons. The molecule has 1 heterocycles. The average molecular weight is 450 g/mol. The summed E-state index contributed by atoms with van der Waals surface area (Å²) in [7, 11) is 0. The van der Waals surface area contributed by atoms with Crippen LogP contribution in [0.5, 0.6) is 5.75 Å². The van der Waals surface area contributed by atoms with E-state index >= 15 is 0 Å². The Morgan fingerprint density at radius 3 is 2.59 bits per heavy atom. The van der Waals surface area contributed by atoms with E-state index in [0.29, 0.717) is 28.8 Å². The van der Waals surface area contributed by atoms with Crippen LogP contribution in [0.25, 0.3) is 10.9 Å². The SMILES string of the molecule is O=c1[nH]c2ccccc2c(=O)n1N=Cc1cc(Br)ccc1OCc1ccccc1. The molecule has 3 aromatic carbocycles. The molecule has 1 N–H and O–H groups in total. The first-order valence-corrected chi connectivity index (χ1v) is 9.66. The van der Waals surface area contributed by atoms with E-state index in [0.717, 1.165) is 14.7 Å². The van der Waals surface area contributed by atoms with E-state index in [-0.39, 0.29) is 0 Å². The van der Waals surface area contributed by atoms with Gasteiger partial charge < -0.3 is 9.72 Å². The third-order valence-corrected chi connectivity index (χ3v) is 4.80. The topological polar surface area (TPSA) is 76.5 Å². The first-order valence-electron chi connectivity index (χ1n) is 8.86. The van der Waals surface area contributed by atoms with E-state index in [4.69, 9.17) is 4.74 Å². The van der Waals surface area contributed by atoms with Gasteiger partial charge in [-0.2, -0.15) is 5.10 Å². The summed E-state index contributed by atoms with van der Waals surface area (Å²) in [6, 6.07) is 22.1. The zero-order chi connectivity index (χ0) is 20.2. The van der Waals surface area contributed by atoms with Crippen molar-refractivity contribution in [1.82, 2.24) is 9.66 Å². The van der Waals surface area contributed by atoms with Crippen LogP contribution in [0.4, 0.5) is 0 Å². The molecule has 0 aliphatic heterocycles. The molecule has 0 spiro atoms. The summed E-state index contributed by atoms with van der Waals surface area (Å²) >= 11 is 3.43. The summed E-state index contributed by atoms with van der Waals surface area (Å²) in [5.41, 5.74) is 1.05. The fraction of sp³-hybridized carbons (Fsp3) is 0.0455. The predicted octanol–water partition coefficient (Wildman–Crippen LogP) is 3.91. The number of benzene rings is 3. The lowest BCUT2D eigenvalue weighted by Crippen LogP contribution is -2.32. The smallest absolute Gasteiger partial charge is 0.349 e. The predicted molar refractivity (Wildman–Crippen MR) is 117 cm³/mol. The summed E-state index contributed by atoms with van der Waals surface area (Å²) in [6.07, 6.45) is 1.44. The molecular weight excluding hydrogens is 434 g/mol. The molecule has 0 fully saturated rings. The summed E-state index contributed by atoms with van der Waals surface area (Å²) in [6.45, 7) is 0.389. The molecule has 0 aliphatic carbocycles. The van der Waals surface area contributed by atoms with E-state index in [1.54, 1.807) is 24.3 Å². The number of ether oxygens (including phenoxy) is 1. The van der Waals surface area contributed by atoms with E-state index in [9.17, 15) is 9.59 Å². The maximum atomic E-state index is 12.6. The van der Waals surface area contributed by atoms with Gasteiger partial charge in [0.25, 0.3) is 5.56 Å². The molecule has 4 rings (SSSR count). The monoisotopic (exact) mass is 449 g/mol. The van der Waals surface area contributed by atoms with Gasteiger partial charge >= 0.3 is 5.69 Å². The lowest BCUT2D eigenvalue weighted by molar-refractivity contribution is 0.305. The number of hydrogen-bond donors (Lipinski definition) is 1. The van der Waals surface area contributed by atoms with Crippen molar-refractivity contribution in [3.8, 4) is 5.75 Å². The van der Waals surface area contributed by atoms with Gasteiger partial charge in [-0.15, -0.1) is 4.68 Å². The quantitative estimate of drug-likeness (QED) is 0.469. The number of aromatic nitrogens is 2. The highest BCUT2D eigenvalue weighted by Crippen LogP contribution is 2.23. The second-order valence-electron chi connectivity index (χ2n) is 6.29. The van der Waals surface area contributed by atoms with Gasteiger partial charge in [-0.3, -0.25) is 4.79 Å². The number of para-hydroxylation sites is 1. The van der Waals surface area contributed by atoms with Gasteiger partial charge in [-0.05, 0) is 35.9 Å². The Bertz CT molecular complexity index is 1310. The maximum Gasteiger partial charge on any atom is 0.349 e. The van der Waals surface area contributed by atoms with Crippen molar-refractivity contribution < 1.29 is 4.74 Å². The minimum absolute atomic E-state index is 0.388. The van der Waals surface area contributed by atoms with E-state index in [1.807, 2.05) is 48.5 Å². The molecule has 6 nitrogen and oxygen atoms in total. The molecule has 1 aromatic heterocycles. The first-order chi connectivity index (χ1) is 14.1. The molecule has 0 aliphatic rings. The minimum atomic E-state index is -0.605. The van der Waals surface area contributed by atoms with E-state index < -0.39 is 11.2 Å². The van der Waals surface area contributed by atoms with Crippen LogP contribution in [-0.2, 0) is 6.61 Å². The van der Waals surface area contributed by atoms with Gasteiger partial charge in [-0.25, -0.2) is 4.79 Å². The third-order valence-electron chi connectivity index (χ3n) is 4.31. The molecule has 0 unspecified atom stereocenters. The minimum Gasteiger partial charge on any atom is -0.488 e. The van der Waals surface area contributed by atoms with E-state index in [2.05, 4.69) is 26.0 Å². The largest absolute Gasteiger partial charge is 0.488 e. The number of H-pyrrole nitrogens is 1. The number of aromatic amines is 1. The molecule has 29 heavy (non-hydrogen) atoms. The Balaban J connectivity index is 1.68. The van der Waals surface area contributed by atoms with Gasteiger partial charge in [0.1, 0.15) is 12.4 Å². The lowest BCUT2D eigenvalue weighted by atomic mass is 10.2. The summed E-state index contributed by atoms with van der Waals surface area (Å²) in [4.78, 5) is 27.6. The zero-order valence-corrected chi connectivity index (χ0v) is 16.8. The molecule has 144 valence electrons. The molecule has 7 heteroatoms. The summed E-state index contributed by atoms with van der Waals surface area (Å²) in [5.74, 6) is 0.589. The normalized spacial score (nSPS) is 11.2. The maximum absolute atomic E-state index is 12.6. The van der Waals surface area contributed by atoms with Crippen LogP contribution in [0.3, 0.4) is 0 Å². The van der Waals surface area contributed by atoms with E-state index in [1.165, 1.54) is 6.21 Å². The molecule has 0 saturated heterocycles. The Morgan fingerprint density at radius 1 is 1.00 bits per heavy atom. The number of nitrogens with one attached hydrogen (secondary N) is 1. The Hall–Kier alpha value is -3.45. The Kier molecular flexibility index (Phi) is 5.39. The number of fused-ring (bicyclic) bond motifs is 1. The number of rotatable bonds is 5. The lowest BCUT2D eigenvalue weighted by Gasteiger charge is -2.09. The van der Waals surface area contributed by atoms with Crippen LogP contribution >= 0.6 is 15.9 Å². The standard InChI is InChI=1S/C22H16BrN3O3/c23-17-10-11-20(29-14-15-6-2-1-3-7-15)16(12-17)13-24-26-21(27)18-8-4-5-9-19(18)25-22(26)28/h1-13H,14H2,(H,25,28). The van der Waals surface area contributed by atoms with Crippen molar-refractivity contribution in [1.29, 1.82) is 0 Å². The van der Waals surface area contributed by atoms with Gasteiger partial charge in [-0.1, -0.05) is 58.4 Å². The van der Waals surface area contributed by atoms with Crippen LogP contribution in [0.1, 0.15) is 11.1 Å². The second-order valence-corrected chi connectivity index (χ2v) is 7.21. The van der Waals surface area contributed by atoms with Crippen molar-refractivity contribution in [3.05, 3.63) is 109 Å². The van der Waals surface area contributed by atoms with Crippen LogP contribution in [0, 0.1) is 0 Å². The Morgan fingerprint density at radius 2 is 1.76 bits per heavy atom. The average Bonchev–Trinajstić information content (AvgIpc) is 2.74. The fourth-order valence-corrected chi connectivity index (χ4v) is 3.24. The molecule has 0 bridgehead atoms. The molecule has 4 aromatic rings. The highest BCUT2D eigenvalue weighted by molar-refractivity contribution is 9.10. The van der Waals surface area contributed by atoms with Crippen LogP contribution in [0.15, 0.2) is 92.0 Å². The third kappa shape index (κ3) is 4.20. The number of hydrogen-bond acceptors (Lipinski definition) is 4. The van der Waals surface area contributed by atoms with Crippen LogP contribution in [-0.4, -0.2) is 15.9 Å². The summed E-state index contributed by atoms with van der Waals surface area (Å²) < 4.78 is 7.55. The highest BCUT2D eigenvalue weighted by Gasteiger charge is 2.07. The van der Waals surface area contributed by atoms with Crippen molar-refractivity contribution in [3.63, 3.8) is 0 Å². The van der Waals surface area contributed by atoms with Gasteiger partial charge in [0.15, 0.2) is 0 Å². The fourth-order valence-electron chi connectivity index (χ4n) is 2.86. The molecular formula is C22H16BrN3O3. The molecule has 0 atom stereocenters. The number of nitrogens with zero attached hydrogens (tertiary/aromatic N) is 2. The van der Waals surface area contributed by atoms with Crippen LogP contribution < -0.4 is 16.0 Å². The van der Waals surface area contributed by atoms with Gasteiger partial charge in [0.05, 0.1) is 17.1 Å².